The molecule has 0 atom stereocenters. The highest BCUT2D eigenvalue weighted by Gasteiger charge is 2.08. The molecule has 0 N–H and O–H groups in total. The number of alkyl halides is 1. The summed E-state index contributed by atoms with van der Waals surface area (Å²) in [6, 6.07) is 4.82. The molecule has 0 heterocycles. The van der Waals surface area contributed by atoms with E-state index in [1.807, 2.05) is 13.8 Å². The van der Waals surface area contributed by atoms with Crippen LogP contribution in [0.5, 0.6) is 0 Å². The fourth-order valence-electron chi connectivity index (χ4n) is 0.788. The van der Waals surface area contributed by atoms with E-state index in [0.29, 0.717) is 15.6 Å². The van der Waals surface area contributed by atoms with Crippen molar-refractivity contribution >= 4 is 44.9 Å². The first kappa shape index (κ1) is 13.9. The smallest absolute Gasteiger partial charge is 0.174 e. The molecule has 0 aliphatic carbocycles. The maximum Gasteiger partial charge on any atom is 0.174 e. The van der Waals surface area contributed by atoms with Crippen molar-refractivity contribution in [1.82, 2.24) is 0 Å². The zero-order valence-corrected chi connectivity index (χ0v) is 11.1. The third kappa shape index (κ3) is 3.99. The zero-order chi connectivity index (χ0) is 11.1. The lowest BCUT2D eigenvalue weighted by Gasteiger charge is -2.00. The number of carbonyl (C=O) groups is 1. The Hall–Kier alpha value is -0.0500. The number of ketones is 1. The Morgan fingerprint density at radius 2 is 1.93 bits per heavy atom. The van der Waals surface area contributed by atoms with Gasteiger partial charge in [0.1, 0.15) is 0 Å². The highest BCUT2D eigenvalue weighted by atomic mass is 79.9. The van der Waals surface area contributed by atoms with Gasteiger partial charge in [-0.15, -0.1) is 0 Å². The molecule has 1 rings (SSSR count). The van der Waals surface area contributed by atoms with Gasteiger partial charge in [0, 0.05) is 10.6 Å². The summed E-state index contributed by atoms with van der Waals surface area (Å²) in [4.78, 5) is 11.2. The van der Waals surface area contributed by atoms with E-state index < -0.39 is 0 Å². The van der Waals surface area contributed by atoms with Crippen LogP contribution in [0.2, 0.25) is 10.0 Å². The molecule has 0 spiro atoms. The monoisotopic (exact) mass is 296 g/mol. The van der Waals surface area contributed by atoms with Gasteiger partial charge in [-0.2, -0.15) is 0 Å². The van der Waals surface area contributed by atoms with Crippen LogP contribution >= 0.6 is 39.1 Å². The van der Waals surface area contributed by atoms with Gasteiger partial charge in [-0.25, -0.2) is 0 Å². The summed E-state index contributed by atoms with van der Waals surface area (Å²) in [5, 5.41) is 1.20. The predicted octanol–water partition coefficient (Wildman–Crippen LogP) is 4.60. The largest absolute Gasteiger partial charge is 0.293 e. The van der Waals surface area contributed by atoms with Crippen molar-refractivity contribution in [3.05, 3.63) is 33.8 Å². The third-order valence-corrected chi connectivity index (χ3v) is 2.41. The molecule has 0 aliphatic rings. The Bertz CT molecular complexity index is 313. The average molecular weight is 298 g/mol. The maximum atomic E-state index is 11.2. The van der Waals surface area contributed by atoms with Crippen LogP contribution in [0, 0.1) is 0 Å². The standard InChI is InChI=1S/C8H5BrCl2O.C2H6/c9-4-8(12)6-2-1-5(10)3-7(6)11;1-2/h1-3H,4H2;1-2H3. The average Bonchev–Trinajstić information content (AvgIpc) is 2.20. The summed E-state index contributed by atoms with van der Waals surface area (Å²) in [6.45, 7) is 4.00. The van der Waals surface area contributed by atoms with Gasteiger partial charge in [-0.1, -0.05) is 53.0 Å². The SMILES string of the molecule is CC.O=C(CBr)c1ccc(Cl)cc1Cl. The van der Waals surface area contributed by atoms with Crippen LogP contribution in [-0.4, -0.2) is 11.1 Å². The minimum absolute atomic E-state index is 0.0448. The summed E-state index contributed by atoms with van der Waals surface area (Å²) in [5.74, 6) is -0.0448. The second-order valence-electron chi connectivity index (χ2n) is 2.18. The van der Waals surface area contributed by atoms with E-state index in [1.165, 1.54) is 0 Å². The van der Waals surface area contributed by atoms with Crippen LogP contribution in [0.25, 0.3) is 0 Å². The van der Waals surface area contributed by atoms with Crippen molar-refractivity contribution < 1.29 is 4.79 Å². The number of halogens is 3. The molecular weight excluding hydrogens is 287 g/mol. The molecule has 0 radical (unpaired) electrons. The van der Waals surface area contributed by atoms with Crippen LogP contribution in [-0.2, 0) is 0 Å². The number of rotatable bonds is 2. The summed E-state index contributed by atoms with van der Waals surface area (Å²) >= 11 is 14.5. The van der Waals surface area contributed by atoms with Crippen molar-refractivity contribution in [2.45, 2.75) is 13.8 Å². The molecule has 0 saturated heterocycles. The third-order valence-electron chi connectivity index (χ3n) is 1.35. The highest BCUT2D eigenvalue weighted by molar-refractivity contribution is 9.09. The Balaban J connectivity index is 0.000000791. The van der Waals surface area contributed by atoms with Crippen LogP contribution in [0.4, 0.5) is 0 Å². The second kappa shape index (κ2) is 7.27. The van der Waals surface area contributed by atoms with Gasteiger partial charge in [-0.3, -0.25) is 4.79 Å². The fraction of sp³-hybridized carbons (Fsp3) is 0.300. The first-order valence-corrected chi connectivity index (χ1v) is 6.07. The summed E-state index contributed by atoms with van der Waals surface area (Å²) in [6.07, 6.45) is 0. The van der Waals surface area contributed by atoms with Crippen LogP contribution in [0.1, 0.15) is 24.2 Å². The number of hydrogen-bond donors (Lipinski definition) is 0. The molecule has 1 aromatic carbocycles. The lowest BCUT2D eigenvalue weighted by Crippen LogP contribution is -2.00. The van der Waals surface area contributed by atoms with E-state index in [2.05, 4.69) is 15.9 Å². The summed E-state index contributed by atoms with van der Waals surface area (Å²) in [7, 11) is 0. The van der Waals surface area contributed by atoms with E-state index in [1.54, 1.807) is 18.2 Å². The van der Waals surface area contributed by atoms with Crippen molar-refractivity contribution in [3.63, 3.8) is 0 Å². The van der Waals surface area contributed by atoms with Gasteiger partial charge in [0.15, 0.2) is 5.78 Å². The molecule has 78 valence electrons. The molecule has 14 heavy (non-hydrogen) atoms. The number of Topliss-reactive ketones (excluding diaryl/α,β-unsaturated/α-hetero) is 1. The molecule has 0 fully saturated rings. The van der Waals surface area contributed by atoms with Crippen molar-refractivity contribution in [3.8, 4) is 0 Å². The van der Waals surface area contributed by atoms with E-state index in [9.17, 15) is 4.79 Å². The Morgan fingerprint density at radius 1 is 1.36 bits per heavy atom. The molecule has 0 aromatic heterocycles. The first-order chi connectivity index (χ1) is 6.65. The van der Waals surface area contributed by atoms with E-state index in [0.717, 1.165) is 0 Å². The second-order valence-corrected chi connectivity index (χ2v) is 3.59. The molecule has 1 nitrogen and oxygen atoms in total. The van der Waals surface area contributed by atoms with Gasteiger partial charge in [-0.05, 0) is 18.2 Å². The van der Waals surface area contributed by atoms with E-state index >= 15 is 0 Å². The van der Waals surface area contributed by atoms with Gasteiger partial charge < -0.3 is 0 Å². The van der Waals surface area contributed by atoms with Crippen LogP contribution in [0.15, 0.2) is 18.2 Å². The Labute approximate surface area is 103 Å². The van der Waals surface area contributed by atoms with E-state index in [4.69, 9.17) is 23.2 Å². The molecular formula is C10H11BrCl2O. The van der Waals surface area contributed by atoms with Gasteiger partial charge in [0.25, 0.3) is 0 Å². The Kier molecular flexibility index (Phi) is 7.24. The lowest BCUT2D eigenvalue weighted by atomic mass is 10.1. The maximum absolute atomic E-state index is 11.2. The topological polar surface area (TPSA) is 17.1 Å². The highest BCUT2D eigenvalue weighted by Crippen LogP contribution is 2.21. The first-order valence-electron chi connectivity index (χ1n) is 4.19. The molecule has 0 aliphatic heterocycles. The Morgan fingerprint density at radius 3 is 2.36 bits per heavy atom. The minimum Gasteiger partial charge on any atom is -0.293 e. The lowest BCUT2D eigenvalue weighted by molar-refractivity contribution is 0.102. The minimum atomic E-state index is -0.0448. The van der Waals surface area contributed by atoms with E-state index in [-0.39, 0.29) is 11.1 Å². The molecule has 1 aromatic rings. The van der Waals surface area contributed by atoms with Crippen molar-refractivity contribution in [1.29, 1.82) is 0 Å². The predicted molar refractivity (Wildman–Crippen MR) is 65.9 cm³/mol. The molecule has 0 unspecified atom stereocenters. The summed E-state index contributed by atoms with van der Waals surface area (Å²) < 4.78 is 0. The molecule has 0 bridgehead atoms. The fourth-order valence-corrected chi connectivity index (χ4v) is 1.60. The van der Waals surface area contributed by atoms with Crippen molar-refractivity contribution in [2.75, 3.05) is 5.33 Å². The molecule has 0 amide bonds. The van der Waals surface area contributed by atoms with Crippen LogP contribution < -0.4 is 0 Å². The van der Waals surface area contributed by atoms with Gasteiger partial charge >= 0.3 is 0 Å². The van der Waals surface area contributed by atoms with Gasteiger partial charge in [0.2, 0.25) is 0 Å². The number of carbonyl (C=O) groups excluding carboxylic acids is 1. The normalized spacial score (nSPS) is 8.93. The number of benzene rings is 1. The quantitative estimate of drug-likeness (QED) is 0.576. The number of hydrogen-bond acceptors (Lipinski definition) is 1. The van der Waals surface area contributed by atoms with Crippen molar-refractivity contribution in [2.24, 2.45) is 0 Å². The zero-order valence-electron chi connectivity index (χ0n) is 7.98. The summed E-state index contributed by atoms with van der Waals surface area (Å²) in [5.41, 5.74) is 0.498. The van der Waals surface area contributed by atoms with Crippen LogP contribution in [0.3, 0.4) is 0 Å². The molecule has 4 heteroatoms. The van der Waals surface area contributed by atoms with Gasteiger partial charge in [0.05, 0.1) is 10.4 Å². The molecule has 0 saturated carbocycles.